The highest BCUT2D eigenvalue weighted by molar-refractivity contribution is 5.18. The van der Waals surface area contributed by atoms with Gasteiger partial charge in [-0.1, -0.05) is 13.0 Å². The van der Waals surface area contributed by atoms with Gasteiger partial charge < -0.3 is 15.7 Å². The second kappa shape index (κ2) is 5.78. The largest absolute Gasteiger partial charge is 0.508 e. The molecule has 0 saturated carbocycles. The van der Waals surface area contributed by atoms with E-state index in [-0.39, 0.29) is 0 Å². The zero-order valence-corrected chi connectivity index (χ0v) is 8.09. The van der Waals surface area contributed by atoms with Crippen molar-refractivity contribution >= 4 is 0 Å². The van der Waals surface area contributed by atoms with Crippen LogP contribution < -0.4 is 10.6 Å². The van der Waals surface area contributed by atoms with E-state index in [1.54, 1.807) is 6.08 Å². The molecule has 0 amide bonds. The zero-order valence-electron chi connectivity index (χ0n) is 8.09. The van der Waals surface area contributed by atoms with Crippen molar-refractivity contribution in [2.45, 2.75) is 19.4 Å². The molecule has 0 aromatic rings. The van der Waals surface area contributed by atoms with E-state index in [0.717, 1.165) is 26.1 Å². The maximum absolute atomic E-state index is 9.07. The fourth-order valence-electron chi connectivity index (χ4n) is 1.28. The highest BCUT2D eigenvalue weighted by atomic mass is 16.3. The summed E-state index contributed by atoms with van der Waals surface area (Å²) in [6.07, 6.45) is 6.47. The number of aliphatic hydroxyl groups is 1. The summed E-state index contributed by atoms with van der Waals surface area (Å²) >= 11 is 0. The molecule has 3 heteroatoms. The molecule has 13 heavy (non-hydrogen) atoms. The second-order valence-electron chi connectivity index (χ2n) is 3.14. The summed E-state index contributed by atoms with van der Waals surface area (Å²) in [5, 5.41) is 15.7. The van der Waals surface area contributed by atoms with Crippen molar-refractivity contribution in [3.05, 3.63) is 24.0 Å². The van der Waals surface area contributed by atoms with Gasteiger partial charge in [-0.3, -0.25) is 0 Å². The van der Waals surface area contributed by atoms with Crippen LogP contribution in [0.4, 0.5) is 0 Å². The van der Waals surface area contributed by atoms with Crippen LogP contribution in [0.25, 0.3) is 0 Å². The lowest BCUT2D eigenvalue weighted by Crippen LogP contribution is -2.34. The molecule has 0 spiro atoms. The lowest BCUT2D eigenvalue weighted by molar-refractivity contribution is 0.421. The molecular weight excluding hydrogens is 164 g/mol. The molecule has 0 fully saturated rings. The Morgan fingerprint density at radius 2 is 2.38 bits per heavy atom. The first-order valence-corrected chi connectivity index (χ1v) is 4.84. The number of likely N-dealkylation sites (N-methyl/N-ethyl adjacent to an activating group) is 1. The molecule has 0 radical (unpaired) electrons. The maximum atomic E-state index is 9.07. The van der Waals surface area contributed by atoms with E-state index in [1.807, 2.05) is 12.2 Å². The molecule has 1 unspecified atom stereocenters. The van der Waals surface area contributed by atoms with Gasteiger partial charge in [-0.25, -0.2) is 0 Å². The summed E-state index contributed by atoms with van der Waals surface area (Å²) in [7, 11) is 0. The molecule has 0 bridgehead atoms. The molecule has 74 valence electrons. The van der Waals surface area contributed by atoms with Gasteiger partial charge in [0.1, 0.15) is 5.76 Å². The van der Waals surface area contributed by atoms with E-state index >= 15 is 0 Å². The van der Waals surface area contributed by atoms with Crippen LogP contribution in [0.5, 0.6) is 0 Å². The number of nitrogens with one attached hydrogen (secondary N) is 2. The molecule has 1 rings (SSSR count). The van der Waals surface area contributed by atoms with Gasteiger partial charge in [-0.2, -0.15) is 0 Å². The number of aliphatic hydroxyl groups excluding tert-OH is 1. The Morgan fingerprint density at radius 3 is 3.00 bits per heavy atom. The third kappa shape index (κ3) is 4.10. The fraction of sp³-hybridized carbons (Fsp3) is 0.600. The Labute approximate surface area is 79.5 Å². The lowest BCUT2D eigenvalue weighted by Gasteiger charge is -2.15. The van der Waals surface area contributed by atoms with Gasteiger partial charge in [0.25, 0.3) is 0 Å². The average Bonchev–Trinajstić information content (AvgIpc) is 2.15. The molecule has 0 aliphatic heterocycles. The Morgan fingerprint density at radius 1 is 1.54 bits per heavy atom. The summed E-state index contributed by atoms with van der Waals surface area (Å²) in [6, 6.07) is 0.384. The smallest absolute Gasteiger partial charge is 0.111 e. The van der Waals surface area contributed by atoms with Crippen LogP contribution in [0.15, 0.2) is 24.0 Å². The van der Waals surface area contributed by atoms with Gasteiger partial charge in [0.15, 0.2) is 0 Å². The average molecular weight is 182 g/mol. The minimum atomic E-state index is 0.379. The van der Waals surface area contributed by atoms with E-state index in [4.69, 9.17) is 5.11 Å². The van der Waals surface area contributed by atoms with E-state index in [9.17, 15) is 0 Å². The molecule has 0 heterocycles. The quantitative estimate of drug-likeness (QED) is 0.555. The highest BCUT2D eigenvalue weighted by Gasteiger charge is 2.05. The number of rotatable bonds is 5. The van der Waals surface area contributed by atoms with Gasteiger partial charge >= 0.3 is 0 Å². The van der Waals surface area contributed by atoms with Crippen LogP contribution in [0.2, 0.25) is 0 Å². The second-order valence-corrected chi connectivity index (χ2v) is 3.14. The van der Waals surface area contributed by atoms with E-state index < -0.39 is 0 Å². The molecule has 3 N–H and O–H groups in total. The number of hydrogen-bond donors (Lipinski definition) is 3. The van der Waals surface area contributed by atoms with Crippen molar-refractivity contribution in [3.8, 4) is 0 Å². The van der Waals surface area contributed by atoms with E-state index in [1.165, 1.54) is 0 Å². The first kappa shape index (κ1) is 10.3. The maximum Gasteiger partial charge on any atom is 0.111 e. The Balaban J connectivity index is 2.07. The van der Waals surface area contributed by atoms with Gasteiger partial charge in [-0.15, -0.1) is 0 Å². The molecule has 1 aliphatic carbocycles. The van der Waals surface area contributed by atoms with Crippen molar-refractivity contribution in [2.24, 2.45) is 0 Å². The van der Waals surface area contributed by atoms with Crippen LogP contribution in [-0.2, 0) is 0 Å². The van der Waals surface area contributed by atoms with Crippen molar-refractivity contribution in [1.29, 1.82) is 0 Å². The Bertz CT molecular complexity index is 199. The predicted molar refractivity (Wildman–Crippen MR) is 54.8 cm³/mol. The standard InChI is InChI=1S/C10H18N2O/c1-2-11-7-8-12-9-3-5-10(13)6-4-9/h3,5-6,9,11-13H,2,4,7-8H2,1H3. The van der Waals surface area contributed by atoms with Crippen molar-refractivity contribution in [2.75, 3.05) is 19.6 Å². The first-order chi connectivity index (χ1) is 6.33. The number of hydrogen-bond acceptors (Lipinski definition) is 3. The van der Waals surface area contributed by atoms with Gasteiger partial charge in [-0.05, 0) is 25.1 Å². The predicted octanol–water partition coefficient (Wildman–Crippen LogP) is 0.956. The molecule has 3 nitrogen and oxygen atoms in total. The molecule has 0 aromatic heterocycles. The Kier molecular flexibility index (Phi) is 4.57. The molecule has 1 aliphatic rings. The van der Waals surface area contributed by atoms with Crippen molar-refractivity contribution in [3.63, 3.8) is 0 Å². The van der Waals surface area contributed by atoms with Gasteiger partial charge in [0.05, 0.1) is 0 Å². The first-order valence-electron chi connectivity index (χ1n) is 4.84. The molecular formula is C10H18N2O. The SMILES string of the molecule is CCNCCNC1C=CC(O)=CC1. The van der Waals surface area contributed by atoms with E-state index in [2.05, 4.69) is 17.6 Å². The highest BCUT2D eigenvalue weighted by Crippen LogP contribution is 2.07. The minimum absolute atomic E-state index is 0.379. The summed E-state index contributed by atoms with van der Waals surface area (Å²) in [5.41, 5.74) is 0. The molecule has 0 aromatic carbocycles. The zero-order chi connectivity index (χ0) is 9.52. The minimum Gasteiger partial charge on any atom is -0.508 e. The van der Waals surface area contributed by atoms with Crippen LogP contribution >= 0.6 is 0 Å². The normalized spacial score (nSPS) is 21.6. The summed E-state index contributed by atoms with van der Waals surface area (Å²) < 4.78 is 0. The summed E-state index contributed by atoms with van der Waals surface area (Å²) in [4.78, 5) is 0. The Hall–Kier alpha value is -0.800. The molecule has 0 saturated heterocycles. The summed E-state index contributed by atoms with van der Waals surface area (Å²) in [6.45, 7) is 5.08. The number of allylic oxidation sites excluding steroid dienone is 1. The van der Waals surface area contributed by atoms with Crippen LogP contribution in [0, 0.1) is 0 Å². The van der Waals surface area contributed by atoms with Crippen LogP contribution in [-0.4, -0.2) is 30.8 Å². The van der Waals surface area contributed by atoms with Crippen molar-refractivity contribution in [1.82, 2.24) is 10.6 Å². The third-order valence-electron chi connectivity index (χ3n) is 2.04. The van der Waals surface area contributed by atoms with Crippen molar-refractivity contribution < 1.29 is 5.11 Å². The monoisotopic (exact) mass is 182 g/mol. The van der Waals surface area contributed by atoms with Crippen LogP contribution in [0.3, 0.4) is 0 Å². The lowest BCUT2D eigenvalue weighted by atomic mass is 10.1. The molecule has 1 atom stereocenters. The van der Waals surface area contributed by atoms with Crippen LogP contribution in [0.1, 0.15) is 13.3 Å². The van der Waals surface area contributed by atoms with Gasteiger partial charge in [0, 0.05) is 19.1 Å². The van der Waals surface area contributed by atoms with E-state index in [0.29, 0.717) is 11.8 Å². The topological polar surface area (TPSA) is 44.3 Å². The van der Waals surface area contributed by atoms with Gasteiger partial charge in [0.2, 0.25) is 0 Å². The summed E-state index contributed by atoms with van der Waals surface area (Å²) in [5.74, 6) is 0.379. The third-order valence-corrected chi connectivity index (χ3v) is 2.04. The fourth-order valence-corrected chi connectivity index (χ4v) is 1.28.